The Morgan fingerprint density at radius 3 is 1.86 bits per heavy atom. The van der Waals surface area contributed by atoms with E-state index >= 15 is 4.57 Å². The number of methoxy groups -OCH3 is 2. The van der Waals surface area contributed by atoms with Crippen molar-refractivity contribution in [3.05, 3.63) is 151 Å². The zero-order valence-corrected chi connectivity index (χ0v) is 49.4. The second-order valence-corrected chi connectivity index (χ2v) is 33.8. The molecule has 7 atom stereocenters. The van der Waals surface area contributed by atoms with Gasteiger partial charge in [-0.05, 0) is 90.2 Å². The van der Waals surface area contributed by atoms with E-state index < -0.39 is 77.7 Å². The third kappa shape index (κ3) is 13.5. The lowest BCUT2D eigenvalue weighted by molar-refractivity contribution is -0.0925. The average molecular weight is 1120 g/mol. The summed E-state index contributed by atoms with van der Waals surface area (Å²) in [5.41, 5.74) is -0.899. The third-order valence-electron chi connectivity index (χ3n) is 15.3. The van der Waals surface area contributed by atoms with Crippen molar-refractivity contribution in [3.8, 4) is 17.6 Å². The fourth-order valence-corrected chi connectivity index (χ4v) is 12.6. The van der Waals surface area contributed by atoms with E-state index in [2.05, 4.69) is 82.8 Å². The highest BCUT2D eigenvalue weighted by molar-refractivity contribution is 7.55. The van der Waals surface area contributed by atoms with Crippen molar-refractivity contribution in [2.24, 2.45) is 0 Å². The zero-order chi connectivity index (χ0) is 56.1. The van der Waals surface area contributed by atoms with E-state index in [1.807, 2.05) is 84.9 Å². The average Bonchev–Trinajstić information content (AvgIpc) is 4.00. The van der Waals surface area contributed by atoms with Gasteiger partial charge >= 0.3 is 19.1 Å². The number of aromatic nitrogens is 4. The number of aryl methyl sites for hydroxylation is 1. The Hall–Kier alpha value is -5.51. The van der Waals surface area contributed by atoms with Gasteiger partial charge < -0.3 is 32.5 Å². The molecule has 2 fully saturated rings. The highest BCUT2D eigenvalue weighted by Gasteiger charge is 2.49. The van der Waals surface area contributed by atoms with Crippen LogP contribution in [-0.2, 0) is 42.3 Å². The Kier molecular flexibility index (Phi) is 18.3. The summed E-state index contributed by atoms with van der Waals surface area (Å²) in [5, 5.41) is 12.2. The SMILES string of the molecule is COc1ccc(C(OC[C@H]2O[C@@H](n3cc(C)c(=O)[nH]c3=O)C[C@@H]2OP(=O)(Nc2ccn([C@H]3C[C@H](O[Si](C)(C)C(C)(C)C)[C@@H](CO[Si](C)(C)C(C)(C)C)O3)c(=O)n2)OCCC#N)(c2ccccc2)c2ccc(OC)cc2)cc1. The van der Waals surface area contributed by atoms with Gasteiger partial charge in [-0.1, -0.05) is 96.1 Å². The predicted molar refractivity (Wildman–Crippen MR) is 297 cm³/mol. The standard InChI is InChI=1S/C55H75N6O13PSi2/c1-37-34-61(52(64)58-50(37)62)49-32-43(45(71-49)35-68-55(38-18-15-14-16-19-38,39-20-24-41(66-8)25-21-39)40-22-26-42(67-9)27-23-40)73-75(65,69-31-17-29-56)59-47-28-30-60(51(63)57-47)48-33-44(74-77(12,13)54(5,6)7)46(72-48)36-70-76(10,11)53(2,3)4/h14-16,18-28,30,34,43-46,48-49H,17,31-33,35-36H2,1-13H3,(H,58,62,64)(H,57,59,63,65)/t43-,44-,45+,46+,48+,49+,75?/m0/s1. The first-order valence-electron chi connectivity index (χ1n) is 25.8. The van der Waals surface area contributed by atoms with E-state index in [0.717, 1.165) is 16.7 Å². The molecular formula is C55H75N6O13PSi2. The summed E-state index contributed by atoms with van der Waals surface area (Å²) in [5.74, 6) is 1.10. The van der Waals surface area contributed by atoms with Crippen LogP contribution in [-0.4, -0.2) is 94.2 Å². The van der Waals surface area contributed by atoms with Gasteiger partial charge in [-0.3, -0.25) is 33.0 Å². The van der Waals surface area contributed by atoms with E-state index in [-0.39, 0.29) is 53.6 Å². The fraction of sp³-hybridized carbons (Fsp3) is 0.509. The summed E-state index contributed by atoms with van der Waals surface area (Å²) >= 11 is 0. The summed E-state index contributed by atoms with van der Waals surface area (Å²) in [4.78, 5) is 46.7. The van der Waals surface area contributed by atoms with Gasteiger partial charge in [-0.2, -0.15) is 10.2 Å². The topological polar surface area (TPSA) is 226 Å². The van der Waals surface area contributed by atoms with Crippen LogP contribution in [0.4, 0.5) is 5.82 Å². The molecule has 416 valence electrons. The number of rotatable bonds is 22. The van der Waals surface area contributed by atoms with Crippen molar-refractivity contribution in [1.82, 2.24) is 19.1 Å². The summed E-state index contributed by atoms with van der Waals surface area (Å²) in [6, 6.07) is 28.0. The molecule has 2 aliphatic heterocycles. The molecule has 77 heavy (non-hydrogen) atoms. The molecule has 1 unspecified atom stereocenters. The highest BCUT2D eigenvalue weighted by atomic mass is 31.2. The first kappa shape index (κ1) is 59.2. The van der Waals surface area contributed by atoms with E-state index in [0.29, 0.717) is 24.5 Å². The molecule has 0 amide bonds. The molecule has 0 saturated carbocycles. The quantitative estimate of drug-likeness (QED) is 0.0284. The molecule has 0 aliphatic carbocycles. The number of benzene rings is 3. The molecule has 2 saturated heterocycles. The van der Waals surface area contributed by atoms with Crippen LogP contribution < -0.4 is 31.5 Å². The maximum Gasteiger partial charge on any atom is 0.434 e. The van der Waals surface area contributed by atoms with Crippen LogP contribution >= 0.6 is 7.75 Å². The number of hydrogen-bond acceptors (Lipinski definition) is 15. The zero-order valence-electron chi connectivity index (χ0n) is 46.5. The molecule has 3 aromatic carbocycles. The molecular weight excluding hydrogens is 1040 g/mol. The Labute approximate surface area is 453 Å². The minimum atomic E-state index is -4.60. The molecule has 5 aromatic rings. The van der Waals surface area contributed by atoms with Crippen LogP contribution in [0.2, 0.25) is 36.3 Å². The lowest BCUT2D eigenvalue weighted by atomic mass is 9.80. The minimum Gasteiger partial charge on any atom is -0.497 e. The predicted octanol–water partition coefficient (Wildman–Crippen LogP) is 9.95. The Balaban J connectivity index is 1.22. The number of aromatic amines is 1. The highest BCUT2D eigenvalue weighted by Crippen LogP contribution is 2.52. The van der Waals surface area contributed by atoms with Crippen molar-refractivity contribution in [1.29, 1.82) is 5.26 Å². The lowest BCUT2D eigenvalue weighted by Gasteiger charge is -2.40. The van der Waals surface area contributed by atoms with E-state index in [1.54, 1.807) is 21.1 Å². The molecule has 7 rings (SSSR count). The van der Waals surface area contributed by atoms with Crippen molar-refractivity contribution in [2.45, 2.75) is 146 Å². The van der Waals surface area contributed by atoms with E-state index in [9.17, 15) is 19.6 Å². The van der Waals surface area contributed by atoms with Crippen LogP contribution in [0, 0.1) is 18.3 Å². The lowest BCUT2D eigenvalue weighted by Crippen LogP contribution is -2.48. The molecule has 2 N–H and O–H groups in total. The first-order valence-corrected chi connectivity index (χ1v) is 33.2. The van der Waals surface area contributed by atoms with Gasteiger partial charge in [0.2, 0.25) is 0 Å². The van der Waals surface area contributed by atoms with Crippen molar-refractivity contribution >= 4 is 30.2 Å². The third-order valence-corrected chi connectivity index (χ3v) is 25.8. The number of ether oxygens (including phenoxy) is 5. The fourth-order valence-electron chi connectivity index (χ4n) is 8.73. The monoisotopic (exact) mass is 1110 g/mol. The Morgan fingerprint density at radius 2 is 1.31 bits per heavy atom. The van der Waals surface area contributed by atoms with Gasteiger partial charge in [0.05, 0.1) is 52.6 Å². The number of anilines is 1. The van der Waals surface area contributed by atoms with Gasteiger partial charge in [0.1, 0.15) is 53.7 Å². The Morgan fingerprint density at radius 1 is 0.766 bits per heavy atom. The molecule has 4 heterocycles. The van der Waals surface area contributed by atoms with Crippen LogP contribution in [0.3, 0.4) is 0 Å². The molecule has 2 aliphatic rings. The van der Waals surface area contributed by atoms with Gasteiger partial charge in [0, 0.05) is 30.8 Å². The molecule has 2 aromatic heterocycles. The smallest absolute Gasteiger partial charge is 0.434 e. The summed E-state index contributed by atoms with van der Waals surface area (Å²) in [6.07, 6.45) is -1.90. The van der Waals surface area contributed by atoms with Crippen LogP contribution in [0.15, 0.2) is 112 Å². The minimum absolute atomic E-state index is 0.0426. The van der Waals surface area contributed by atoms with Crippen LogP contribution in [0.5, 0.6) is 11.5 Å². The van der Waals surface area contributed by atoms with Gasteiger partial charge in [-0.25, -0.2) is 14.2 Å². The summed E-state index contributed by atoms with van der Waals surface area (Å²) < 4.78 is 75.4. The normalized spacial score (nSPS) is 21.1. The second-order valence-electron chi connectivity index (χ2n) is 22.5. The summed E-state index contributed by atoms with van der Waals surface area (Å²) in [6.45, 7) is 23.1. The number of nitrogens with zero attached hydrogens (tertiary/aromatic N) is 4. The maximum absolute atomic E-state index is 15.2. The number of nitrogens with one attached hydrogen (secondary N) is 2. The van der Waals surface area contributed by atoms with Crippen LogP contribution in [0.25, 0.3) is 0 Å². The van der Waals surface area contributed by atoms with Gasteiger partial charge in [0.25, 0.3) is 5.56 Å². The first-order chi connectivity index (χ1) is 36.2. The van der Waals surface area contributed by atoms with Gasteiger partial charge in [-0.15, -0.1) is 0 Å². The maximum atomic E-state index is 15.2. The van der Waals surface area contributed by atoms with Crippen molar-refractivity contribution in [2.75, 3.05) is 39.1 Å². The summed E-state index contributed by atoms with van der Waals surface area (Å²) in [7, 11) is -5.94. The van der Waals surface area contributed by atoms with Crippen molar-refractivity contribution in [3.63, 3.8) is 0 Å². The molecule has 19 nitrogen and oxygen atoms in total. The number of H-pyrrole nitrogens is 1. The largest absolute Gasteiger partial charge is 0.497 e. The van der Waals surface area contributed by atoms with Gasteiger partial charge in [0.15, 0.2) is 16.6 Å². The van der Waals surface area contributed by atoms with Crippen molar-refractivity contribution < 1.29 is 46.1 Å². The molecule has 0 radical (unpaired) electrons. The van der Waals surface area contributed by atoms with E-state index in [4.69, 9.17) is 41.6 Å². The Bertz CT molecular complexity index is 3030. The van der Waals surface area contributed by atoms with Crippen LogP contribution in [0.1, 0.15) is 95.5 Å². The number of nitriles is 1. The molecule has 0 bridgehead atoms. The molecule has 0 spiro atoms. The number of hydrogen-bond donors (Lipinski definition) is 2. The molecule has 22 heteroatoms. The van der Waals surface area contributed by atoms with E-state index in [1.165, 1.54) is 27.6 Å². The second kappa shape index (κ2) is 23.8.